The molecule has 1 aliphatic carbocycles. The molecule has 21 heavy (non-hydrogen) atoms. The third-order valence-corrected chi connectivity index (χ3v) is 6.47. The Kier molecular flexibility index (Phi) is 5.03. The van der Waals surface area contributed by atoms with Crippen LogP contribution in [-0.4, -0.2) is 37.2 Å². The summed E-state index contributed by atoms with van der Waals surface area (Å²) >= 11 is 0.959. The maximum absolute atomic E-state index is 12.2. The molecular weight excluding hydrogens is 314 g/mol. The van der Waals surface area contributed by atoms with E-state index in [1.807, 2.05) is 0 Å². The van der Waals surface area contributed by atoms with Crippen LogP contribution in [0, 0.1) is 12.8 Å². The number of hydrogen-bond acceptors (Lipinski definition) is 5. The number of sulfonamides is 1. The standard InChI is InChI=1S/C13H19NO5S2/c1-8-12(6-11(20-8)13(16)17)21(18,19)14-7-9-2-4-10(15)5-3-9/h6,9-10,14-15H,2-5,7H2,1H3,(H,16,17). The smallest absolute Gasteiger partial charge is 0.345 e. The van der Waals surface area contributed by atoms with E-state index in [9.17, 15) is 18.3 Å². The molecule has 1 saturated carbocycles. The van der Waals surface area contributed by atoms with Crippen LogP contribution in [0.5, 0.6) is 0 Å². The van der Waals surface area contributed by atoms with E-state index in [4.69, 9.17) is 5.11 Å². The summed E-state index contributed by atoms with van der Waals surface area (Å²) in [5, 5.41) is 18.3. The summed E-state index contributed by atoms with van der Waals surface area (Å²) in [6.07, 6.45) is 2.73. The first-order valence-corrected chi connectivity index (χ1v) is 9.11. The number of carboxylic acid groups (broad SMARTS) is 1. The summed E-state index contributed by atoms with van der Waals surface area (Å²) in [6, 6.07) is 1.20. The monoisotopic (exact) mass is 333 g/mol. The first kappa shape index (κ1) is 16.4. The number of thiophene rings is 1. The quantitative estimate of drug-likeness (QED) is 0.759. The predicted octanol–water partition coefficient (Wildman–Crippen LogP) is 1.58. The van der Waals surface area contributed by atoms with Gasteiger partial charge in [-0.2, -0.15) is 0 Å². The Bertz CT molecular complexity index is 615. The van der Waals surface area contributed by atoms with Gasteiger partial charge in [-0.1, -0.05) is 0 Å². The molecule has 1 heterocycles. The van der Waals surface area contributed by atoms with Crippen molar-refractivity contribution in [1.29, 1.82) is 0 Å². The Morgan fingerprint density at radius 2 is 2.00 bits per heavy atom. The number of rotatable bonds is 5. The molecule has 0 saturated heterocycles. The first-order chi connectivity index (χ1) is 9.79. The predicted molar refractivity (Wildman–Crippen MR) is 79.2 cm³/mol. The Morgan fingerprint density at radius 1 is 1.38 bits per heavy atom. The van der Waals surface area contributed by atoms with Crippen molar-refractivity contribution in [3.8, 4) is 0 Å². The van der Waals surface area contributed by atoms with E-state index in [1.165, 1.54) is 6.07 Å². The number of hydrogen-bond donors (Lipinski definition) is 3. The molecule has 0 atom stereocenters. The zero-order valence-corrected chi connectivity index (χ0v) is 13.3. The van der Waals surface area contributed by atoms with Crippen LogP contribution in [0.25, 0.3) is 0 Å². The van der Waals surface area contributed by atoms with Crippen molar-refractivity contribution in [3.05, 3.63) is 15.8 Å². The van der Waals surface area contributed by atoms with Crippen LogP contribution in [-0.2, 0) is 10.0 Å². The topological polar surface area (TPSA) is 104 Å². The van der Waals surface area contributed by atoms with Gasteiger partial charge in [0.15, 0.2) is 0 Å². The van der Waals surface area contributed by atoms with Gasteiger partial charge >= 0.3 is 5.97 Å². The van der Waals surface area contributed by atoms with Gasteiger partial charge in [0.25, 0.3) is 0 Å². The molecule has 1 aromatic heterocycles. The zero-order valence-electron chi connectivity index (χ0n) is 11.7. The van der Waals surface area contributed by atoms with Gasteiger partial charge in [-0.05, 0) is 44.6 Å². The van der Waals surface area contributed by atoms with Gasteiger partial charge < -0.3 is 10.2 Å². The Morgan fingerprint density at radius 3 is 2.52 bits per heavy atom. The lowest BCUT2D eigenvalue weighted by Gasteiger charge is -2.25. The van der Waals surface area contributed by atoms with Gasteiger partial charge in [0.2, 0.25) is 10.0 Å². The largest absolute Gasteiger partial charge is 0.477 e. The summed E-state index contributed by atoms with van der Waals surface area (Å²) in [5.74, 6) is -0.896. The first-order valence-electron chi connectivity index (χ1n) is 6.81. The fraction of sp³-hybridized carbons (Fsp3) is 0.615. The summed E-state index contributed by atoms with van der Waals surface area (Å²) in [6.45, 7) is 1.93. The number of aliphatic hydroxyl groups is 1. The molecule has 1 aliphatic rings. The van der Waals surface area contributed by atoms with Crippen molar-refractivity contribution in [2.75, 3.05) is 6.54 Å². The summed E-state index contributed by atoms with van der Waals surface area (Å²) < 4.78 is 27.1. The van der Waals surface area contributed by atoms with Crippen molar-refractivity contribution < 1.29 is 23.4 Å². The molecule has 0 unspecified atom stereocenters. The van der Waals surface area contributed by atoms with Gasteiger partial charge in [0, 0.05) is 11.4 Å². The van der Waals surface area contributed by atoms with E-state index >= 15 is 0 Å². The number of carboxylic acids is 1. The second-order valence-electron chi connectivity index (χ2n) is 5.36. The van der Waals surface area contributed by atoms with E-state index in [-0.39, 0.29) is 21.8 Å². The Balaban J connectivity index is 2.03. The van der Waals surface area contributed by atoms with Crippen molar-refractivity contribution in [1.82, 2.24) is 4.72 Å². The molecule has 1 fully saturated rings. The normalized spacial score (nSPS) is 23.1. The second kappa shape index (κ2) is 6.43. The highest BCUT2D eigenvalue weighted by Crippen LogP contribution is 2.27. The average Bonchev–Trinajstić information content (AvgIpc) is 2.81. The second-order valence-corrected chi connectivity index (χ2v) is 8.35. The van der Waals surface area contributed by atoms with Gasteiger partial charge in [-0.15, -0.1) is 11.3 Å². The van der Waals surface area contributed by atoms with Gasteiger partial charge in [-0.3, -0.25) is 0 Å². The summed E-state index contributed by atoms with van der Waals surface area (Å²) in [7, 11) is -3.68. The minimum absolute atomic E-state index is 0.0219. The molecule has 0 bridgehead atoms. The maximum Gasteiger partial charge on any atom is 0.345 e. The molecule has 2 rings (SSSR count). The van der Waals surface area contributed by atoms with E-state index in [0.29, 0.717) is 24.3 Å². The molecule has 1 aromatic rings. The fourth-order valence-corrected chi connectivity index (χ4v) is 5.04. The van der Waals surface area contributed by atoms with Crippen LogP contribution >= 0.6 is 11.3 Å². The van der Waals surface area contributed by atoms with Crippen LogP contribution in [0.15, 0.2) is 11.0 Å². The van der Waals surface area contributed by atoms with Crippen molar-refractivity contribution >= 4 is 27.3 Å². The van der Waals surface area contributed by atoms with E-state index < -0.39 is 16.0 Å². The van der Waals surface area contributed by atoms with Crippen molar-refractivity contribution in [2.45, 2.75) is 43.6 Å². The number of aliphatic hydroxyl groups excluding tert-OH is 1. The molecule has 118 valence electrons. The van der Waals surface area contributed by atoms with Crippen LogP contribution in [0.3, 0.4) is 0 Å². The van der Waals surface area contributed by atoms with Gasteiger partial charge in [0.1, 0.15) is 4.88 Å². The SMILES string of the molecule is Cc1sc(C(=O)O)cc1S(=O)(=O)NCC1CCC(O)CC1. The molecule has 0 amide bonds. The minimum Gasteiger partial charge on any atom is -0.477 e. The molecule has 0 aliphatic heterocycles. The van der Waals surface area contributed by atoms with Crippen LogP contribution in [0.4, 0.5) is 0 Å². The third-order valence-electron chi connectivity index (χ3n) is 3.75. The molecule has 0 aromatic carbocycles. The number of aryl methyl sites for hydroxylation is 1. The number of aromatic carboxylic acids is 1. The molecule has 8 heteroatoms. The van der Waals surface area contributed by atoms with Gasteiger partial charge in [0.05, 0.1) is 11.0 Å². The van der Waals surface area contributed by atoms with Crippen molar-refractivity contribution in [3.63, 3.8) is 0 Å². The van der Waals surface area contributed by atoms with Crippen LogP contribution in [0.1, 0.15) is 40.2 Å². The van der Waals surface area contributed by atoms with Crippen LogP contribution < -0.4 is 4.72 Å². The summed E-state index contributed by atoms with van der Waals surface area (Å²) in [4.78, 5) is 11.4. The molecule has 6 nitrogen and oxygen atoms in total. The zero-order chi connectivity index (χ0) is 15.6. The van der Waals surface area contributed by atoms with Crippen molar-refractivity contribution in [2.24, 2.45) is 5.92 Å². The van der Waals surface area contributed by atoms with E-state index in [1.54, 1.807) is 6.92 Å². The van der Waals surface area contributed by atoms with Gasteiger partial charge in [-0.25, -0.2) is 17.9 Å². The number of carbonyl (C=O) groups is 1. The maximum atomic E-state index is 12.2. The lowest BCUT2D eigenvalue weighted by molar-refractivity contribution is 0.0702. The summed E-state index contributed by atoms with van der Waals surface area (Å²) in [5.41, 5.74) is 0. The number of nitrogens with one attached hydrogen (secondary N) is 1. The highest BCUT2D eigenvalue weighted by Gasteiger charge is 2.25. The fourth-order valence-electron chi connectivity index (χ4n) is 2.49. The molecular formula is C13H19NO5S2. The lowest BCUT2D eigenvalue weighted by Crippen LogP contribution is -2.32. The van der Waals surface area contributed by atoms with E-state index in [2.05, 4.69) is 4.72 Å². The molecule has 0 radical (unpaired) electrons. The lowest BCUT2D eigenvalue weighted by atomic mass is 9.88. The minimum atomic E-state index is -3.68. The molecule has 0 spiro atoms. The molecule has 3 N–H and O–H groups in total. The third kappa shape index (κ3) is 4.03. The highest BCUT2D eigenvalue weighted by atomic mass is 32.2. The highest BCUT2D eigenvalue weighted by molar-refractivity contribution is 7.89. The van der Waals surface area contributed by atoms with E-state index in [0.717, 1.165) is 24.2 Å². The Labute approximate surface area is 127 Å². The average molecular weight is 333 g/mol. The van der Waals surface area contributed by atoms with Crippen LogP contribution in [0.2, 0.25) is 0 Å². The Hall–Kier alpha value is -0.960.